The van der Waals surface area contributed by atoms with Crippen molar-refractivity contribution in [3.63, 3.8) is 0 Å². The number of hydrogen-bond acceptors (Lipinski definition) is 5. The summed E-state index contributed by atoms with van der Waals surface area (Å²) in [5.74, 6) is 0.0243. The van der Waals surface area contributed by atoms with Crippen molar-refractivity contribution in [1.29, 1.82) is 0 Å². The molecule has 3 rings (SSSR count). The number of aromatic nitrogens is 2. The fourth-order valence-corrected chi connectivity index (χ4v) is 2.93. The second-order valence-corrected chi connectivity index (χ2v) is 6.91. The number of rotatable bonds is 6. The maximum absolute atomic E-state index is 12.7. The van der Waals surface area contributed by atoms with E-state index in [0.717, 1.165) is 17.7 Å². The number of fused-ring (bicyclic) bond motifs is 1. The highest BCUT2D eigenvalue weighted by molar-refractivity contribution is 6.06. The summed E-state index contributed by atoms with van der Waals surface area (Å²) in [6.07, 6.45) is 1.26. The number of nitrogens with zero attached hydrogens (tertiary/aromatic N) is 2. The molecule has 7 heteroatoms. The molecule has 0 aliphatic heterocycles. The molecule has 2 aromatic heterocycles. The molecular weight excluding hydrogens is 344 g/mol. The number of carbonyl (C=O) groups is 1. The largest absolute Gasteiger partial charge is 0.442 e. The minimum Gasteiger partial charge on any atom is -0.442 e. The molecule has 3 aromatic rings. The van der Waals surface area contributed by atoms with Crippen molar-refractivity contribution in [2.75, 3.05) is 7.05 Å². The summed E-state index contributed by atoms with van der Waals surface area (Å²) in [6.45, 7) is 7.10. The van der Waals surface area contributed by atoms with E-state index >= 15 is 0 Å². The zero-order valence-electron chi connectivity index (χ0n) is 16.0. The Morgan fingerprint density at radius 2 is 2.00 bits per heavy atom. The number of aryl methyl sites for hydroxylation is 1. The van der Waals surface area contributed by atoms with Crippen LogP contribution < -0.4 is 10.9 Å². The Hall–Kier alpha value is -2.93. The van der Waals surface area contributed by atoms with Crippen LogP contribution in [0.15, 0.2) is 39.8 Å². The Morgan fingerprint density at radius 1 is 1.30 bits per heavy atom. The smallest absolute Gasteiger partial charge is 0.262 e. The summed E-state index contributed by atoms with van der Waals surface area (Å²) in [4.78, 5) is 33.5. The van der Waals surface area contributed by atoms with Crippen LogP contribution in [0.2, 0.25) is 0 Å². The molecule has 2 N–H and O–H groups in total. The molecule has 142 valence electrons. The standard InChI is InChI=1S/C20H24N4O3/c1-12(2)24(4)10-15-8-6-5-7-14(15)9-21-18(25)16-13(3)27-20-17(16)19(26)22-11-23-20/h5-8,11-12H,9-10H2,1-4H3,(H,21,25)(H,22,23,26). The van der Waals surface area contributed by atoms with E-state index in [-0.39, 0.29) is 28.1 Å². The third kappa shape index (κ3) is 3.93. The molecule has 0 aliphatic rings. The Bertz CT molecular complexity index is 1020. The molecule has 7 nitrogen and oxygen atoms in total. The number of aromatic amines is 1. The normalized spacial score (nSPS) is 11.5. The Labute approximate surface area is 157 Å². The van der Waals surface area contributed by atoms with Crippen LogP contribution in [0.5, 0.6) is 0 Å². The van der Waals surface area contributed by atoms with Gasteiger partial charge in [-0.25, -0.2) is 4.98 Å². The highest BCUT2D eigenvalue weighted by Crippen LogP contribution is 2.20. The molecule has 0 radical (unpaired) electrons. The number of benzene rings is 1. The maximum atomic E-state index is 12.7. The first-order valence-electron chi connectivity index (χ1n) is 8.90. The van der Waals surface area contributed by atoms with Crippen LogP contribution in [0.4, 0.5) is 0 Å². The molecular formula is C20H24N4O3. The fourth-order valence-electron chi connectivity index (χ4n) is 2.93. The zero-order chi connectivity index (χ0) is 19.6. The molecule has 0 saturated carbocycles. The number of furan rings is 1. The predicted octanol–water partition coefficient (Wildman–Crippen LogP) is 2.59. The zero-order valence-corrected chi connectivity index (χ0v) is 16.0. The van der Waals surface area contributed by atoms with E-state index in [2.05, 4.69) is 47.1 Å². The molecule has 0 atom stereocenters. The lowest BCUT2D eigenvalue weighted by Crippen LogP contribution is -2.28. The van der Waals surface area contributed by atoms with Gasteiger partial charge in [-0.05, 0) is 38.9 Å². The number of H-pyrrole nitrogens is 1. The van der Waals surface area contributed by atoms with Gasteiger partial charge in [-0.15, -0.1) is 0 Å². The van der Waals surface area contributed by atoms with Crippen LogP contribution >= 0.6 is 0 Å². The van der Waals surface area contributed by atoms with E-state index in [9.17, 15) is 9.59 Å². The van der Waals surface area contributed by atoms with Crippen LogP contribution in [-0.2, 0) is 13.1 Å². The molecule has 2 heterocycles. The lowest BCUT2D eigenvalue weighted by atomic mass is 10.1. The molecule has 0 aliphatic carbocycles. The summed E-state index contributed by atoms with van der Waals surface area (Å²) in [6, 6.07) is 8.43. The first kappa shape index (κ1) is 18.8. The second kappa shape index (κ2) is 7.75. The Morgan fingerprint density at radius 3 is 2.70 bits per heavy atom. The van der Waals surface area contributed by atoms with Crippen molar-refractivity contribution in [2.24, 2.45) is 0 Å². The summed E-state index contributed by atoms with van der Waals surface area (Å²) in [5.41, 5.74) is 2.20. The molecule has 1 aromatic carbocycles. The fraction of sp³-hybridized carbons (Fsp3) is 0.350. The molecule has 0 spiro atoms. The minimum absolute atomic E-state index is 0.167. The summed E-state index contributed by atoms with van der Waals surface area (Å²) >= 11 is 0. The van der Waals surface area contributed by atoms with Gasteiger partial charge in [0.2, 0.25) is 5.71 Å². The summed E-state index contributed by atoms with van der Waals surface area (Å²) in [7, 11) is 2.07. The lowest BCUT2D eigenvalue weighted by molar-refractivity contribution is 0.0950. The van der Waals surface area contributed by atoms with Crippen molar-refractivity contribution >= 4 is 17.0 Å². The first-order valence-corrected chi connectivity index (χ1v) is 8.90. The monoisotopic (exact) mass is 368 g/mol. The van der Waals surface area contributed by atoms with E-state index in [0.29, 0.717) is 18.3 Å². The summed E-state index contributed by atoms with van der Waals surface area (Å²) < 4.78 is 5.46. The topological polar surface area (TPSA) is 91.2 Å². The van der Waals surface area contributed by atoms with Crippen LogP contribution in [0.1, 0.15) is 41.1 Å². The van der Waals surface area contributed by atoms with Gasteiger partial charge in [-0.1, -0.05) is 24.3 Å². The van der Waals surface area contributed by atoms with Crippen molar-refractivity contribution in [2.45, 2.75) is 39.9 Å². The van der Waals surface area contributed by atoms with E-state index < -0.39 is 0 Å². The van der Waals surface area contributed by atoms with E-state index in [1.807, 2.05) is 18.2 Å². The average Bonchev–Trinajstić information content (AvgIpc) is 2.98. The quantitative estimate of drug-likeness (QED) is 0.698. The van der Waals surface area contributed by atoms with Gasteiger partial charge in [0.15, 0.2) is 0 Å². The highest BCUT2D eigenvalue weighted by atomic mass is 16.3. The third-order valence-corrected chi connectivity index (χ3v) is 4.76. The van der Waals surface area contributed by atoms with Gasteiger partial charge in [0.1, 0.15) is 11.1 Å². The molecule has 0 fully saturated rings. The molecule has 0 saturated heterocycles. The second-order valence-electron chi connectivity index (χ2n) is 6.91. The number of carbonyl (C=O) groups excluding carboxylic acids is 1. The van der Waals surface area contributed by atoms with E-state index in [1.165, 1.54) is 6.33 Å². The van der Waals surface area contributed by atoms with Gasteiger partial charge < -0.3 is 14.7 Å². The van der Waals surface area contributed by atoms with Gasteiger partial charge >= 0.3 is 0 Å². The van der Waals surface area contributed by atoms with E-state index in [1.54, 1.807) is 6.92 Å². The van der Waals surface area contributed by atoms with Crippen molar-refractivity contribution in [3.05, 3.63) is 63.4 Å². The lowest BCUT2D eigenvalue weighted by Gasteiger charge is -2.22. The van der Waals surface area contributed by atoms with Crippen LogP contribution in [0.25, 0.3) is 11.1 Å². The number of amides is 1. The van der Waals surface area contributed by atoms with Gasteiger partial charge in [0.25, 0.3) is 11.5 Å². The molecule has 1 amide bonds. The molecule has 0 unspecified atom stereocenters. The van der Waals surface area contributed by atoms with Crippen LogP contribution in [0.3, 0.4) is 0 Å². The minimum atomic E-state index is -0.388. The number of hydrogen-bond donors (Lipinski definition) is 2. The third-order valence-electron chi connectivity index (χ3n) is 4.76. The Kier molecular flexibility index (Phi) is 5.41. The van der Waals surface area contributed by atoms with Gasteiger partial charge in [0.05, 0.1) is 11.9 Å². The number of nitrogens with one attached hydrogen (secondary N) is 2. The highest BCUT2D eigenvalue weighted by Gasteiger charge is 2.21. The first-order chi connectivity index (χ1) is 12.9. The maximum Gasteiger partial charge on any atom is 0.262 e. The average molecular weight is 368 g/mol. The van der Waals surface area contributed by atoms with Gasteiger partial charge in [-0.2, -0.15) is 0 Å². The predicted molar refractivity (Wildman–Crippen MR) is 104 cm³/mol. The molecule has 0 bridgehead atoms. The van der Waals surface area contributed by atoms with Gasteiger partial charge in [-0.3, -0.25) is 14.5 Å². The summed E-state index contributed by atoms with van der Waals surface area (Å²) in [5, 5.41) is 3.09. The van der Waals surface area contributed by atoms with Gasteiger partial charge in [0, 0.05) is 19.1 Å². The molecule has 27 heavy (non-hydrogen) atoms. The van der Waals surface area contributed by atoms with Crippen molar-refractivity contribution < 1.29 is 9.21 Å². The Balaban J connectivity index is 1.82. The van der Waals surface area contributed by atoms with E-state index in [4.69, 9.17) is 4.42 Å². The van der Waals surface area contributed by atoms with Crippen molar-refractivity contribution in [3.8, 4) is 0 Å². The van der Waals surface area contributed by atoms with Crippen molar-refractivity contribution in [1.82, 2.24) is 20.2 Å². The van der Waals surface area contributed by atoms with Crippen LogP contribution in [0, 0.1) is 6.92 Å². The van der Waals surface area contributed by atoms with Crippen LogP contribution in [-0.4, -0.2) is 33.9 Å². The SMILES string of the molecule is Cc1oc2nc[nH]c(=O)c2c1C(=O)NCc1ccccc1CN(C)C(C)C.